The number of nitrogens with one attached hydrogen (secondary N) is 2. The minimum atomic E-state index is -1.18. The van der Waals surface area contributed by atoms with Crippen LogP contribution in [-0.2, 0) is 14.4 Å². The minimum absolute atomic E-state index is 0.193. The van der Waals surface area contributed by atoms with Gasteiger partial charge in [-0.2, -0.15) is 0 Å². The first kappa shape index (κ1) is 9.14. The van der Waals surface area contributed by atoms with Gasteiger partial charge in [-0.25, -0.2) is 4.79 Å². The van der Waals surface area contributed by atoms with E-state index in [1.54, 1.807) is 0 Å². The molecule has 6 nitrogen and oxygen atoms in total. The highest BCUT2D eigenvalue weighted by Gasteiger charge is 2.46. The van der Waals surface area contributed by atoms with Gasteiger partial charge in [0.05, 0.1) is 0 Å². The van der Waals surface area contributed by atoms with Crippen molar-refractivity contribution in [2.45, 2.75) is 31.0 Å². The van der Waals surface area contributed by atoms with Gasteiger partial charge >= 0.3 is 5.97 Å². The molecule has 1 aliphatic carbocycles. The number of hydrogen-bond acceptors (Lipinski definition) is 4. The number of aliphatic carboxylic acids is 1. The van der Waals surface area contributed by atoms with Crippen molar-refractivity contribution in [2.75, 3.05) is 0 Å². The maximum absolute atomic E-state index is 11.2. The molecule has 0 bridgehead atoms. The van der Waals surface area contributed by atoms with Crippen LogP contribution in [0.1, 0.15) is 12.8 Å². The zero-order chi connectivity index (χ0) is 10.3. The van der Waals surface area contributed by atoms with E-state index in [1.165, 1.54) is 0 Å². The fourth-order valence-electron chi connectivity index (χ4n) is 1.47. The van der Waals surface area contributed by atoms with Crippen molar-refractivity contribution >= 4 is 17.7 Å². The molecule has 1 saturated carbocycles. The van der Waals surface area contributed by atoms with Gasteiger partial charge in [-0.3, -0.25) is 9.59 Å². The van der Waals surface area contributed by atoms with Crippen LogP contribution in [0.5, 0.6) is 0 Å². The van der Waals surface area contributed by atoms with E-state index in [1.807, 2.05) is 0 Å². The Bertz CT molecular complexity index is 310. The number of carbonyl (C=O) groups is 3. The number of amides is 1. The second-order valence-electron chi connectivity index (χ2n) is 3.57. The third-order valence-electron chi connectivity index (χ3n) is 2.38. The molecule has 3 N–H and O–H groups in total. The van der Waals surface area contributed by atoms with Gasteiger partial charge in [-0.05, 0) is 12.8 Å². The average Bonchev–Trinajstić information content (AvgIpc) is 2.87. The smallest absolute Gasteiger partial charge is 0.328 e. The fourth-order valence-corrected chi connectivity index (χ4v) is 1.47. The first-order valence-corrected chi connectivity index (χ1v) is 4.43. The van der Waals surface area contributed by atoms with Crippen LogP contribution in [0.2, 0.25) is 0 Å². The molecule has 14 heavy (non-hydrogen) atoms. The Labute approximate surface area is 79.7 Å². The molecule has 0 aromatic heterocycles. The van der Waals surface area contributed by atoms with Gasteiger partial charge in [0, 0.05) is 6.04 Å². The standard InChI is InChI=1S/C8H10N2O4/c11-6-4(9-3-1-2-3)5(8(13)14)10-7(6)12/h3-5,9H,1-2H2,(H,10,12)(H,13,14)/t4?,5-/m0/s1. The van der Waals surface area contributed by atoms with Crippen LogP contribution in [0.25, 0.3) is 0 Å². The monoisotopic (exact) mass is 198 g/mol. The second kappa shape index (κ2) is 3.06. The summed E-state index contributed by atoms with van der Waals surface area (Å²) in [5.74, 6) is -2.66. The number of hydrogen-bond donors (Lipinski definition) is 3. The molecule has 1 unspecified atom stereocenters. The van der Waals surface area contributed by atoms with Crippen molar-refractivity contribution in [2.24, 2.45) is 0 Å². The lowest BCUT2D eigenvalue weighted by molar-refractivity contribution is -0.140. The van der Waals surface area contributed by atoms with Crippen molar-refractivity contribution < 1.29 is 19.5 Å². The maximum Gasteiger partial charge on any atom is 0.328 e. The summed E-state index contributed by atoms with van der Waals surface area (Å²) in [6.07, 6.45) is 1.87. The quantitative estimate of drug-likeness (QED) is 0.468. The number of Topliss-reactive ketones (excluding diaryl/α,β-unsaturated/α-hetero) is 1. The molecule has 1 amide bonds. The van der Waals surface area contributed by atoms with Gasteiger partial charge < -0.3 is 15.7 Å². The Kier molecular flexibility index (Phi) is 1.99. The topological polar surface area (TPSA) is 95.5 Å². The molecular formula is C8H10N2O4. The molecule has 0 aromatic carbocycles. The molecule has 1 aliphatic heterocycles. The number of carboxylic acids is 1. The molecule has 2 atom stereocenters. The molecule has 6 heteroatoms. The lowest BCUT2D eigenvalue weighted by atomic mass is 10.1. The zero-order valence-electron chi connectivity index (χ0n) is 7.32. The third-order valence-corrected chi connectivity index (χ3v) is 2.38. The van der Waals surface area contributed by atoms with Crippen LogP contribution in [0.3, 0.4) is 0 Å². The van der Waals surface area contributed by atoms with Gasteiger partial charge in [0.1, 0.15) is 6.04 Å². The SMILES string of the molecule is O=C1N[C@H](C(=O)O)C(NC2CC2)C1=O. The molecule has 2 aliphatic rings. The van der Waals surface area contributed by atoms with Gasteiger partial charge in [-0.15, -0.1) is 0 Å². The molecule has 2 rings (SSSR count). The number of rotatable bonds is 3. The summed E-state index contributed by atoms with van der Waals surface area (Å²) in [4.78, 5) is 32.9. The third kappa shape index (κ3) is 1.48. The number of carboxylic acid groups (broad SMARTS) is 1. The van der Waals surface area contributed by atoms with Gasteiger partial charge in [0.2, 0.25) is 5.78 Å². The normalized spacial score (nSPS) is 31.7. The Hall–Kier alpha value is -1.43. The Balaban J connectivity index is 2.11. The van der Waals surface area contributed by atoms with E-state index in [4.69, 9.17) is 5.11 Å². The first-order chi connectivity index (χ1) is 6.59. The summed E-state index contributed by atoms with van der Waals surface area (Å²) in [5.41, 5.74) is 0. The average molecular weight is 198 g/mol. The lowest BCUT2D eigenvalue weighted by Gasteiger charge is -2.13. The van der Waals surface area contributed by atoms with Crippen molar-refractivity contribution in [1.29, 1.82) is 0 Å². The second-order valence-corrected chi connectivity index (χ2v) is 3.57. The van der Waals surface area contributed by atoms with Gasteiger partial charge in [-0.1, -0.05) is 0 Å². The highest BCUT2D eigenvalue weighted by atomic mass is 16.4. The van der Waals surface area contributed by atoms with E-state index in [2.05, 4.69) is 10.6 Å². The van der Waals surface area contributed by atoms with Crippen LogP contribution in [0.4, 0.5) is 0 Å². The summed E-state index contributed by atoms with van der Waals surface area (Å²) in [7, 11) is 0. The predicted molar refractivity (Wildman–Crippen MR) is 44.5 cm³/mol. The maximum atomic E-state index is 11.2. The molecule has 0 spiro atoms. The summed E-state index contributed by atoms with van der Waals surface area (Å²) in [6.45, 7) is 0. The lowest BCUT2D eigenvalue weighted by Crippen LogP contribution is -2.48. The molecule has 76 valence electrons. The van der Waals surface area contributed by atoms with E-state index in [0.717, 1.165) is 12.8 Å². The molecular weight excluding hydrogens is 188 g/mol. The van der Waals surface area contributed by atoms with E-state index < -0.39 is 29.7 Å². The summed E-state index contributed by atoms with van der Waals surface area (Å²) in [5, 5.41) is 13.7. The molecule has 0 aromatic rings. The highest BCUT2D eigenvalue weighted by molar-refractivity contribution is 6.41. The van der Waals surface area contributed by atoms with Gasteiger partial charge in [0.15, 0.2) is 6.04 Å². The van der Waals surface area contributed by atoms with E-state index >= 15 is 0 Å². The Morgan fingerprint density at radius 1 is 1.43 bits per heavy atom. The van der Waals surface area contributed by atoms with Crippen molar-refractivity contribution in [3.05, 3.63) is 0 Å². The van der Waals surface area contributed by atoms with Crippen LogP contribution >= 0.6 is 0 Å². The first-order valence-electron chi connectivity index (χ1n) is 4.43. The van der Waals surface area contributed by atoms with Crippen molar-refractivity contribution in [3.8, 4) is 0 Å². The summed E-state index contributed by atoms with van der Waals surface area (Å²) in [6, 6.07) is -1.82. The van der Waals surface area contributed by atoms with E-state index in [0.29, 0.717) is 0 Å². The Morgan fingerprint density at radius 2 is 2.07 bits per heavy atom. The fraction of sp³-hybridized carbons (Fsp3) is 0.625. The largest absolute Gasteiger partial charge is 0.480 e. The predicted octanol–water partition coefficient (Wildman–Crippen LogP) is -1.74. The highest BCUT2D eigenvalue weighted by Crippen LogP contribution is 2.21. The van der Waals surface area contributed by atoms with Crippen LogP contribution in [0.15, 0.2) is 0 Å². The Morgan fingerprint density at radius 3 is 2.57 bits per heavy atom. The van der Waals surface area contributed by atoms with Crippen LogP contribution in [0, 0.1) is 0 Å². The molecule has 0 radical (unpaired) electrons. The van der Waals surface area contributed by atoms with Gasteiger partial charge in [0.25, 0.3) is 5.91 Å². The van der Waals surface area contributed by atoms with Crippen molar-refractivity contribution in [3.63, 3.8) is 0 Å². The number of carbonyl (C=O) groups excluding carboxylic acids is 2. The van der Waals surface area contributed by atoms with Crippen LogP contribution in [-0.4, -0.2) is 40.9 Å². The molecule has 2 fully saturated rings. The van der Waals surface area contributed by atoms with Crippen LogP contribution < -0.4 is 10.6 Å². The van der Waals surface area contributed by atoms with E-state index in [9.17, 15) is 14.4 Å². The molecule has 1 heterocycles. The summed E-state index contributed by atoms with van der Waals surface area (Å²) >= 11 is 0. The van der Waals surface area contributed by atoms with Crippen molar-refractivity contribution in [1.82, 2.24) is 10.6 Å². The summed E-state index contributed by atoms with van der Waals surface area (Å²) < 4.78 is 0. The molecule has 1 saturated heterocycles. The van der Waals surface area contributed by atoms with E-state index in [-0.39, 0.29) is 6.04 Å². The number of ketones is 1. The zero-order valence-corrected chi connectivity index (χ0v) is 7.32. The minimum Gasteiger partial charge on any atom is -0.480 e.